The van der Waals surface area contributed by atoms with Crippen molar-refractivity contribution >= 4 is 34.4 Å². The van der Waals surface area contributed by atoms with Crippen molar-refractivity contribution in [1.29, 1.82) is 0 Å². The van der Waals surface area contributed by atoms with E-state index in [0.29, 0.717) is 29.3 Å². The van der Waals surface area contributed by atoms with E-state index in [0.717, 1.165) is 17.1 Å². The maximum atomic E-state index is 11.3. The van der Waals surface area contributed by atoms with Gasteiger partial charge in [-0.1, -0.05) is 48.0 Å². The third-order valence-corrected chi connectivity index (χ3v) is 5.08. The number of nitrogens with one attached hydrogen (secondary N) is 1. The Labute approximate surface area is 172 Å². The van der Waals surface area contributed by atoms with Crippen molar-refractivity contribution in [3.63, 3.8) is 0 Å². The molecule has 29 heavy (non-hydrogen) atoms. The summed E-state index contributed by atoms with van der Waals surface area (Å²) in [5.41, 5.74) is 4.20. The maximum Gasteiger partial charge on any atom is 0.354 e. The summed E-state index contributed by atoms with van der Waals surface area (Å²) in [6.07, 6.45) is 0. The molecule has 0 radical (unpaired) electrons. The Balaban J connectivity index is 1.57. The van der Waals surface area contributed by atoms with Gasteiger partial charge in [-0.3, -0.25) is 0 Å². The number of aryl methyl sites for hydroxylation is 1. The molecule has 0 spiro atoms. The lowest BCUT2D eigenvalue weighted by molar-refractivity contribution is 0.0691. The lowest BCUT2D eigenvalue weighted by atomic mass is 10.2. The fourth-order valence-electron chi connectivity index (χ4n) is 3.18. The zero-order chi connectivity index (χ0) is 20.4. The van der Waals surface area contributed by atoms with Gasteiger partial charge in [0, 0.05) is 17.3 Å². The average Bonchev–Trinajstić information content (AvgIpc) is 3.03. The molecule has 7 heteroatoms. The van der Waals surface area contributed by atoms with E-state index in [9.17, 15) is 9.90 Å². The smallest absolute Gasteiger partial charge is 0.354 e. The number of nitrogens with zero attached hydrogens (tertiary/aromatic N) is 3. The second-order valence-corrected chi connectivity index (χ2v) is 7.14. The molecule has 2 N–H and O–H groups in total. The third-order valence-electron chi connectivity index (χ3n) is 4.72. The van der Waals surface area contributed by atoms with Gasteiger partial charge in [0.2, 0.25) is 0 Å². The van der Waals surface area contributed by atoms with Crippen LogP contribution in [0.4, 0.5) is 5.69 Å². The standard InChI is InChI=1S/C22H19ClN4O2/c1-14-25-19-9-10-20(22(28)29)26-21(19)27(14)13-16-7-8-17(11-18(16)23)24-12-15-5-3-2-4-6-15/h2-11,24H,12-13H2,1H3,(H,28,29). The molecule has 4 aromatic rings. The van der Waals surface area contributed by atoms with Crippen molar-refractivity contribution < 1.29 is 9.90 Å². The van der Waals surface area contributed by atoms with Crippen molar-refractivity contribution in [3.05, 3.63) is 88.3 Å². The number of fused-ring (bicyclic) bond motifs is 1. The second kappa shape index (κ2) is 7.93. The van der Waals surface area contributed by atoms with Crippen molar-refractivity contribution in [1.82, 2.24) is 14.5 Å². The highest BCUT2D eigenvalue weighted by Gasteiger charge is 2.14. The lowest BCUT2D eigenvalue weighted by Gasteiger charge is -2.12. The van der Waals surface area contributed by atoms with Crippen molar-refractivity contribution in [2.24, 2.45) is 0 Å². The molecule has 0 aliphatic rings. The molecule has 4 rings (SSSR count). The van der Waals surface area contributed by atoms with E-state index in [1.807, 2.05) is 47.9 Å². The first-order valence-electron chi connectivity index (χ1n) is 9.14. The minimum absolute atomic E-state index is 0.00907. The number of rotatable bonds is 6. The van der Waals surface area contributed by atoms with E-state index in [-0.39, 0.29) is 5.69 Å². The first-order chi connectivity index (χ1) is 14.0. The molecule has 0 aliphatic carbocycles. The first-order valence-corrected chi connectivity index (χ1v) is 9.52. The monoisotopic (exact) mass is 406 g/mol. The molecular formula is C22H19ClN4O2. The molecule has 0 saturated carbocycles. The molecule has 0 saturated heterocycles. The fraction of sp³-hybridized carbons (Fsp3) is 0.136. The minimum Gasteiger partial charge on any atom is -0.477 e. The number of aromatic nitrogens is 3. The number of imidazole rings is 1. The van der Waals surface area contributed by atoms with Gasteiger partial charge in [0.25, 0.3) is 0 Å². The number of pyridine rings is 1. The molecule has 2 aromatic carbocycles. The third kappa shape index (κ3) is 4.07. The minimum atomic E-state index is -1.07. The van der Waals surface area contributed by atoms with Gasteiger partial charge in [0.05, 0.1) is 6.54 Å². The first kappa shape index (κ1) is 19.0. The van der Waals surface area contributed by atoms with Crippen LogP contribution in [0.2, 0.25) is 5.02 Å². The van der Waals surface area contributed by atoms with E-state index in [4.69, 9.17) is 11.6 Å². The van der Waals surface area contributed by atoms with Gasteiger partial charge >= 0.3 is 5.97 Å². The van der Waals surface area contributed by atoms with Crippen molar-refractivity contribution in [2.45, 2.75) is 20.0 Å². The Morgan fingerprint density at radius 2 is 1.90 bits per heavy atom. The van der Waals surface area contributed by atoms with Crippen LogP contribution in [-0.4, -0.2) is 25.6 Å². The molecule has 0 atom stereocenters. The van der Waals surface area contributed by atoms with Crippen LogP contribution < -0.4 is 5.32 Å². The van der Waals surface area contributed by atoms with Crippen LogP contribution in [0.5, 0.6) is 0 Å². The van der Waals surface area contributed by atoms with E-state index in [1.54, 1.807) is 6.07 Å². The Morgan fingerprint density at radius 1 is 1.10 bits per heavy atom. The lowest BCUT2D eigenvalue weighted by Crippen LogP contribution is -2.06. The van der Waals surface area contributed by atoms with Crippen molar-refractivity contribution in [3.8, 4) is 0 Å². The molecule has 6 nitrogen and oxygen atoms in total. The normalized spacial score (nSPS) is 11.0. The van der Waals surface area contributed by atoms with Crippen LogP contribution in [0.3, 0.4) is 0 Å². The number of carboxylic acid groups (broad SMARTS) is 1. The SMILES string of the molecule is Cc1nc2ccc(C(=O)O)nc2n1Cc1ccc(NCc2ccccc2)cc1Cl. The van der Waals surface area contributed by atoms with Gasteiger partial charge in [-0.15, -0.1) is 0 Å². The van der Waals surface area contributed by atoms with Crippen LogP contribution in [0.1, 0.15) is 27.4 Å². The Hall–Kier alpha value is -3.38. The van der Waals surface area contributed by atoms with Gasteiger partial charge in [0.15, 0.2) is 11.3 Å². The summed E-state index contributed by atoms with van der Waals surface area (Å²) in [6, 6.07) is 19.1. The van der Waals surface area contributed by atoms with E-state index < -0.39 is 5.97 Å². The number of carbonyl (C=O) groups is 1. The largest absolute Gasteiger partial charge is 0.477 e. The molecule has 2 aromatic heterocycles. The molecule has 146 valence electrons. The van der Waals surface area contributed by atoms with Crippen LogP contribution in [0.15, 0.2) is 60.7 Å². The Bertz CT molecular complexity index is 1190. The summed E-state index contributed by atoms with van der Waals surface area (Å²) in [5.74, 6) is -0.318. The number of aromatic carboxylic acids is 1. The number of benzene rings is 2. The number of halogens is 1. The summed E-state index contributed by atoms with van der Waals surface area (Å²) >= 11 is 6.53. The number of anilines is 1. The zero-order valence-corrected chi connectivity index (χ0v) is 16.5. The topological polar surface area (TPSA) is 80.0 Å². The highest BCUT2D eigenvalue weighted by molar-refractivity contribution is 6.31. The molecule has 0 bridgehead atoms. The summed E-state index contributed by atoms with van der Waals surface area (Å²) in [5, 5.41) is 13.2. The summed E-state index contributed by atoms with van der Waals surface area (Å²) in [7, 11) is 0. The van der Waals surface area contributed by atoms with Gasteiger partial charge in [-0.05, 0) is 42.3 Å². The molecule has 0 fully saturated rings. The summed E-state index contributed by atoms with van der Waals surface area (Å²) in [4.78, 5) is 20.0. The van der Waals surface area contributed by atoms with Crippen molar-refractivity contribution in [2.75, 3.05) is 5.32 Å². The quantitative estimate of drug-likeness (QED) is 0.483. The van der Waals surface area contributed by atoms with E-state index in [2.05, 4.69) is 27.4 Å². The highest BCUT2D eigenvalue weighted by atomic mass is 35.5. The predicted molar refractivity (Wildman–Crippen MR) is 114 cm³/mol. The molecule has 0 aliphatic heterocycles. The average molecular weight is 407 g/mol. The van der Waals surface area contributed by atoms with Gasteiger partial charge in [-0.25, -0.2) is 14.8 Å². The van der Waals surface area contributed by atoms with E-state index in [1.165, 1.54) is 11.6 Å². The maximum absolute atomic E-state index is 11.3. The van der Waals surface area contributed by atoms with Gasteiger partial charge in [0.1, 0.15) is 11.3 Å². The van der Waals surface area contributed by atoms with Crippen LogP contribution in [-0.2, 0) is 13.1 Å². The number of hydrogen-bond acceptors (Lipinski definition) is 4. The Kier molecular flexibility index (Phi) is 5.18. The number of hydrogen-bond donors (Lipinski definition) is 2. The molecule has 0 unspecified atom stereocenters. The van der Waals surface area contributed by atoms with Crippen LogP contribution in [0.25, 0.3) is 11.2 Å². The zero-order valence-electron chi connectivity index (χ0n) is 15.8. The Morgan fingerprint density at radius 3 is 2.62 bits per heavy atom. The van der Waals surface area contributed by atoms with Gasteiger partial charge < -0.3 is 15.0 Å². The summed E-state index contributed by atoms with van der Waals surface area (Å²) < 4.78 is 1.88. The highest BCUT2D eigenvalue weighted by Crippen LogP contribution is 2.24. The molecule has 2 heterocycles. The van der Waals surface area contributed by atoms with Crippen LogP contribution >= 0.6 is 11.6 Å². The van der Waals surface area contributed by atoms with E-state index >= 15 is 0 Å². The molecular weight excluding hydrogens is 388 g/mol. The van der Waals surface area contributed by atoms with Gasteiger partial charge in [-0.2, -0.15) is 0 Å². The molecule has 0 amide bonds. The fourth-order valence-corrected chi connectivity index (χ4v) is 3.42. The van der Waals surface area contributed by atoms with Crippen LogP contribution in [0, 0.1) is 6.92 Å². The predicted octanol–water partition coefficient (Wildman–Crippen LogP) is 4.75. The number of carboxylic acids is 1. The summed E-state index contributed by atoms with van der Waals surface area (Å²) in [6.45, 7) is 3.03. The second-order valence-electron chi connectivity index (χ2n) is 6.73.